The lowest BCUT2D eigenvalue weighted by atomic mass is 10.0. The Morgan fingerprint density at radius 3 is 2.19 bits per heavy atom. The molecule has 0 radical (unpaired) electrons. The Balaban J connectivity index is 1.74. The fourth-order valence-corrected chi connectivity index (χ4v) is 1.93. The molecule has 1 unspecified atom stereocenters. The summed E-state index contributed by atoms with van der Waals surface area (Å²) in [6, 6.07) is 18.5. The van der Waals surface area contributed by atoms with Crippen LogP contribution in [0.4, 0.5) is 0 Å². The summed E-state index contributed by atoms with van der Waals surface area (Å²) < 4.78 is 10.9. The van der Waals surface area contributed by atoms with E-state index in [1.54, 1.807) is 12.1 Å². The van der Waals surface area contributed by atoms with E-state index < -0.39 is 11.9 Å². The smallest absolute Gasteiger partial charge is 0.313 e. The van der Waals surface area contributed by atoms with Crippen molar-refractivity contribution in [3.05, 3.63) is 66.2 Å². The summed E-state index contributed by atoms with van der Waals surface area (Å²) in [7, 11) is 0. The second-order valence-electron chi connectivity index (χ2n) is 4.54. The summed E-state index contributed by atoms with van der Waals surface area (Å²) in [6.45, 7) is 0.883. The quantitative estimate of drug-likeness (QED) is 0.758. The molecule has 0 aliphatic heterocycles. The number of rotatable bonds is 8. The molecule has 0 amide bonds. The van der Waals surface area contributed by atoms with Crippen LogP contribution in [0.3, 0.4) is 0 Å². The monoisotopic (exact) mass is 286 g/mol. The van der Waals surface area contributed by atoms with Gasteiger partial charge in [-0.3, -0.25) is 4.79 Å². The first-order valence-electron chi connectivity index (χ1n) is 6.80. The van der Waals surface area contributed by atoms with Crippen molar-refractivity contribution in [2.24, 2.45) is 0 Å². The molecule has 0 aliphatic carbocycles. The lowest BCUT2D eigenvalue weighted by Gasteiger charge is -2.13. The van der Waals surface area contributed by atoms with Crippen LogP contribution in [0, 0.1) is 0 Å². The highest BCUT2D eigenvalue weighted by atomic mass is 16.5. The second kappa shape index (κ2) is 8.07. The predicted octanol–water partition coefficient (Wildman–Crippen LogP) is 2.95. The molecule has 4 heteroatoms. The van der Waals surface area contributed by atoms with E-state index >= 15 is 0 Å². The number of hydrogen-bond donors (Lipinski definition) is 1. The highest BCUT2D eigenvalue weighted by Crippen LogP contribution is 2.16. The van der Waals surface area contributed by atoms with Gasteiger partial charge in [0, 0.05) is 0 Å². The molecule has 0 saturated heterocycles. The van der Waals surface area contributed by atoms with Crippen molar-refractivity contribution in [2.45, 2.75) is 5.92 Å². The van der Waals surface area contributed by atoms with Gasteiger partial charge in [0.25, 0.3) is 0 Å². The van der Waals surface area contributed by atoms with E-state index in [-0.39, 0.29) is 6.61 Å². The Morgan fingerprint density at radius 1 is 0.952 bits per heavy atom. The van der Waals surface area contributed by atoms with Crippen LogP contribution in [-0.4, -0.2) is 30.9 Å². The van der Waals surface area contributed by atoms with Crippen LogP contribution in [0.2, 0.25) is 0 Å². The number of carbonyl (C=O) groups is 1. The zero-order chi connectivity index (χ0) is 14.9. The number of ether oxygens (including phenoxy) is 2. The molecule has 2 aromatic carbocycles. The molecule has 110 valence electrons. The van der Waals surface area contributed by atoms with E-state index in [4.69, 9.17) is 9.47 Å². The molecule has 0 aromatic heterocycles. The third kappa shape index (κ3) is 4.93. The molecule has 4 nitrogen and oxygen atoms in total. The highest BCUT2D eigenvalue weighted by Gasteiger charge is 2.19. The van der Waals surface area contributed by atoms with Crippen molar-refractivity contribution in [2.75, 3.05) is 19.8 Å². The summed E-state index contributed by atoms with van der Waals surface area (Å²) in [5.41, 5.74) is 0.744. The third-order valence-corrected chi connectivity index (χ3v) is 3.02. The molecule has 0 spiro atoms. The first-order chi connectivity index (χ1) is 10.3. The van der Waals surface area contributed by atoms with Crippen molar-refractivity contribution in [1.82, 2.24) is 0 Å². The van der Waals surface area contributed by atoms with Gasteiger partial charge in [-0.1, -0.05) is 48.5 Å². The van der Waals surface area contributed by atoms with E-state index in [2.05, 4.69) is 0 Å². The number of hydrogen-bond acceptors (Lipinski definition) is 3. The van der Waals surface area contributed by atoms with Crippen molar-refractivity contribution in [3.8, 4) is 5.75 Å². The van der Waals surface area contributed by atoms with Crippen LogP contribution in [-0.2, 0) is 9.53 Å². The maximum Gasteiger partial charge on any atom is 0.313 e. The van der Waals surface area contributed by atoms with Crippen molar-refractivity contribution >= 4 is 5.97 Å². The maximum absolute atomic E-state index is 11.3. The van der Waals surface area contributed by atoms with E-state index in [1.165, 1.54) is 0 Å². The Labute approximate surface area is 123 Å². The van der Waals surface area contributed by atoms with Gasteiger partial charge >= 0.3 is 5.97 Å². The van der Waals surface area contributed by atoms with E-state index in [0.29, 0.717) is 13.2 Å². The van der Waals surface area contributed by atoms with Crippen LogP contribution in [0.15, 0.2) is 60.7 Å². The second-order valence-corrected chi connectivity index (χ2v) is 4.54. The molecule has 2 rings (SSSR count). The standard InChI is InChI=1S/C17H18O4/c18-17(19)16(14-7-3-1-4-8-14)13-20-11-12-21-15-9-5-2-6-10-15/h1-10,16H,11-13H2,(H,18,19). The minimum absolute atomic E-state index is 0.136. The topological polar surface area (TPSA) is 55.8 Å². The number of aliphatic carboxylic acids is 1. The summed E-state index contributed by atoms with van der Waals surface area (Å²) >= 11 is 0. The zero-order valence-corrected chi connectivity index (χ0v) is 11.6. The first kappa shape index (κ1) is 15.1. The molecule has 0 fully saturated rings. The third-order valence-electron chi connectivity index (χ3n) is 3.02. The first-order valence-corrected chi connectivity index (χ1v) is 6.80. The summed E-state index contributed by atoms with van der Waals surface area (Å²) in [4.78, 5) is 11.3. The summed E-state index contributed by atoms with van der Waals surface area (Å²) in [5.74, 6) is -0.757. The molecule has 0 bridgehead atoms. The Hall–Kier alpha value is -2.33. The van der Waals surface area contributed by atoms with Crippen LogP contribution < -0.4 is 4.74 Å². The predicted molar refractivity (Wildman–Crippen MR) is 79.6 cm³/mol. The lowest BCUT2D eigenvalue weighted by molar-refractivity contribution is -0.140. The zero-order valence-electron chi connectivity index (χ0n) is 11.6. The number of carboxylic acids is 1. The normalized spacial score (nSPS) is 11.8. The van der Waals surface area contributed by atoms with E-state index in [0.717, 1.165) is 11.3 Å². The van der Waals surface area contributed by atoms with Crippen molar-refractivity contribution in [1.29, 1.82) is 0 Å². The summed E-state index contributed by atoms with van der Waals surface area (Å²) in [6.07, 6.45) is 0. The van der Waals surface area contributed by atoms with Crippen molar-refractivity contribution in [3.63, 3.8) is 0 Å². The van der Waals surface area contributed by atoms with Gasteiger partial charge in [0.05, 0.1) is 13.2 Å². The van der Waals surface area contributed by atoms with Gasteiger partial charge in [-0.2, -0.15) is 0 Å². The van der Waals surface area contributed by atoms with Crippen LogP contribution in [0.5, 0.6) is 5.75 Å². The van der Waals surface area contributed by atoms with Gasteiger partial charge in [-0.15, -0.1) is 0 Å². The maximum atomic E-state index is 11.3. The molecule has 2 aromatic rings. The van der Waals surface area contributed by atoms with Gasteiger partial charge in [0.2, 0.25) is 0 Å². The number of benzene rings is 2. The molecular weight excluding hydrogens is 268 g/mol. The Morgan fingerprint density at radius 2 is 1.57 bits per heavy atom. The number of para-hydroxylation sites is 1. The highest BCUT2D eigenvalue weighted by molar-refractivity contribution is 5.76. The molecule has 0 saturated carbocycles. The van der Waals surface area contributed by atoms with Gasteiger partial charge in [0.1, 0.15) is 18.3 Å². The van der Waals surface area contributed by atoms with E-state index in [9.17, 15) is 9.90 Å². The molecule has 1 N–H and O–H groups in total. The van der Waals surface area contributed by atoms with Gasteiger partial charge < -0.3 is 14.6 Å². The fourth-order valence-electron chi connectivity index (χ4n) is 1.93. The Kier molecular flexibility index (Phi) is 5.79. The van der Waals surface area contributed by atoms with E-state index in [1.807, 2.05) is 48.5 Å². The largest absolute Gasteiger partial charge is 0.491 e. The number of carboxylic acid groups (broad SMARTS) is 1. The SMILES string of the molecule is O=C(O)C(COCCOc1ccccc1)c1ccccc1. The minimum Gasteiger partial charge on any atom is -0.491 e. The van der Waals surface area contributed by atoms with Gasteiger partial charge in [0.15, 0.2) is 0 Å². The average molecular weight is 286 g/mol. The summed E-state index contributed by atoms with van der Waals surface area (Å²) in [5, 5.41) is 9.25. The van der Waals surface area contributed by atoms with Gasteiger partial charge in [-0.25, -0.2) is 0 Å². The molecule has 1 atom stereocenters. The molecule has 0 aliphatic rings. The average Bonchev–Trinajstić information content (AvgIpc) is 2.52. The fraction of sp³-hybridized carbons (Fsp3) is 0.235. The van der Waals surface area contributed by atoms with Crippen LogP contribution in [0.1, 0.15) is 11.5 Å². The molecule has 0 heterocycles. The molecular formula is C17H18O4. The minimum atomic E-state index is -0.884. The van der Waals surface area contributed by atoms with Crippen LogP contribution in [0.25, 0.3) is 0 Å². The van der Waals surface area contributed by atoms with Crippen molar-refractivity contribution < 1.29 is 19.4 Å². The van der Waals surface area contributed by atoms with Crippen LogP contribution >= 0.6 is 0 Å². The Bertz CT molecular complexity index is 539. The van der Waals surface area contributed by atoms with Gasteiger partial charge in [-0.05, 0) is 17.7 Å². The lowest BCUT2D eigenvalue weighted by Crippen LogP contribution is -2.19. The molecule has 21 heavy (non-hydrogen) atoms.